The summed E-state index contributed by atoms with van der Waals surface area (Å²) in [5.41, 5.74) is 3.21. The van der Waals surface area contributed by atoms with Crippen molar-refractivity contribution in [3.8, 4) is 11.1 Å². The van der Waals surface area contributed by atoms with Crippen molar-refractivity contribution in [2.75, 3.05) is 12.4 Å². The molecular weight excluding hydrogens is 440 g/mol. The fraction of sp³-hybridized carbons (Fsp3) is 0.200. The van der Waals surface area contributed by atoms with E-state index in [1.807, 2.05) is 54.6 Å². The molecular formula is C25H22N2O5S. The maximum Gasteiger partial charge on any atom is 0.321 e. The van der Waals surface area contributed by atoms with Crippen molar-refractivity contribution in [1.82, 2.24) is 10.6 Å². The Morgan fingerprint density at radius 3 is 2.39 bits per heavy atom. The summed E-state index contributed by atoms with van der Waals surface area (Å²) < 4.78 is 4.98. The van der Waals surface area contributed by atoms with E-state index in [0.717, 1.165) is 26.8 Å². The van der Waals surface area contributed by atoms with Crippen LogP contribution in [0.25, 0.3) is 21.9 Å². The molecule has 0 bridgehead atoms. The van der Waals surface area contributed by atoms with Crippen molar-refractivity contribution < 1.29 is 23.9 Å². The highest BCUT2D eigenvalue weighted by atomic mass is 32.2. The Morgan fingerprint density at radius 2 is 1.64 bits per heavy atom. The number of rotatable bonds is 6. The second kappa shape index (κ2) is 9.46. The van der Waals surface area contributed by atoms with Crippen LogP contribution in [0.3, 0.4) is 0 Å². The Bertz CT molecular complexity index is 1290. The van der Waals surface area contributed by atoms with Crippen LogP contribution in [-0.4, -0.2) is 42.1 Å². The molecule has 33 heavy (non-hydrogen) atoms. The summed E-state index contributed by atoms with van der Waals surface area (Å²) >= 11 is 1.27. The van der Waals surface area contributed by atoms with Crippen LogP contribution in [0.2, 0.25) is 0 Å². The number of fused-ring (bicyclic) bond motifs is 2. The van der Waals surface area contributed by atoms with Gasteiger partial charge in [-0.2, -0.15) is 0 Å². The molecule has 2 N–H and O–H groups in total. The van der Waals surface area contributed by atoms with Crippen LogP contribution in [0.1, 0.15) is 29.8 Å². The van der Waals surface area contributed by atoms with Gasteiger partial charge in [-0.1, -0.05) is 48.5 Å². The number of carbonyl (C=O) groups excluding carboxylic acids is 4. The smallest absolute Gasteiger partial charge is 0.321 e. The number of hydrogen-bond donors (Lipinski definition) is 2. The SMILES string of the molecule is CC(C)NC(=O)NC(=O)COC(=O)CSc1ccc2c3c(cccc13)C(=O)c1ccccc1-2. The first-order valence-electron chi connectivity index (χ1n) is 10.4. The lowest BCUT2D eigenvalue weighted by Gasteiger charge is -2.21. The van der Waals surface area contributed by atoms with Crippen LogP contribution in [0.4, 0.5) is 4.79 Å². The zero-order valence-corrected chi connectivity index (χ0v) is 19.0. The van der Waals surface area contributed by atoms with E-state index in [9.17, 15) is 19.2 Å². The van der Waals surface area contributed by atoms with Gasteiger partial charge < -0.3 is 10.1 Å². The molecule has 1 aliphatic carbocycles. The second-order valence-electron chi connectivity index (χ2n) is 7.84. The summed E-state index contributed by atoms with van der Waals surface area (Å²) in [7, 11) is 0. The predicted octanol–water partition coefficient (Wildman–Crippen LogP) is 3.92. The number of ketones is 1. The molecule has 0 radical (unpaired) electrons. The first-order chi connectivity index (χ1) is 15.8. The van der Waals surface area contributed by atoms with E-state index in [4.69, 9.17) is 4.74 Å². The summed E-state index contributed by atoms with van der Waals surface area (Å²) in [6.45, 7) is 2.98. The number of urea groups is 1. The van der Waals surface area contributed by atoms with Gasteiger partial charge in [-0.3, -0.25) is 19.7 Å². The predicted molar refractivity (Wildman–Crippen MR) is 126 cm³/mol. The minimum Gasteiger partial charge on any atom is -0.455 e. The molecule has 168 valence electrons. The lowest BCUT2D eigenvalue weighted by molar-refractivity contribution is -0.145. The Morgan fingerprint density at radius 1 is 0.909 bits per heavy atom. The van der Waals surface area contributed by atoms with Gasteiger partial charge in [-0.15, -0.1) is 11.8 Å². The van der Waals surface area contributed by atoms with Gasteiger partial charge in [0.15, 0.2) is 12.4 Å². The number of hydrogen-bond acceptors (Lipinski definition) is 6. The topological polar surface area (TPSA) is 102 Å². The minimum atomic E-state index is -0.703. The lowest BCUT2D eigenvalue weighted by atomic mass is 9.83. The monoisotopic (exact) mass is 462 g/mol. The van der Waals surface area contributed by atoms with Crippen LogP contribution in [0.5, 0.6) is 0 Å². The number of ether oxygens (including phenoxy) is 1. The summed E-state index contributed by atoms with van der Waals surface area (Å²) in [4.78, 5) is 49.3. The molecule has 0 spiro atoms. The third-order valence-electron chi connectivity index (χ3n) is 5.09. The third-order valence-corrected chi connectivity index (χ3v) is 6.14. The number of imide groups is 1. The first-order valence-corrected chi connectivity index (χ1v) is 11.4. The average molecular weight is 463 g/mol. The summed E-state index contributed by atoms with van der Waals surface area (Å²) in [5.74, 6) is -1.32. The summed E-state index contributed by atoms with van der Waals surface area (Å²) in [6, 6.07) is 16.3. The zero-order chi connectivity index (χ0) is 23.5. The Balaban J connectivity index is 1.45. The number of thioether (sulfide) groups is 1. The van der Waals surface area contributed by atoms with Crippen LogP contribution >= 0.6 is 11.8 Å². The molecule has 0 saturated heterocycles. The van der Waals surface area contributed by atoms with E-state index in [2.05, 4.69) is 10.6 Å². The summed E-state index contributed by atoms with van der Waals surface area (Å²) in [6.07, 6.45) is 0. The van der Waals surface area contributed by atoms with E-state index >= 15 is 0 Å². The Hall–Kier alpha value is -3.65. The van der Waals surface area contributed by atoms with Crippen molar-refractivity contribution in [2.24, 2.45) is 0 Å². The molecule has 0 aromatic heterocycles. The first kappa shape index (κ1) is 22.5. The third kappa shape index (κ3) is 4.75. The van der Waals surface area contributed by atoms with Crippen molar-refractivity contribution in [2.45, 2.75) is 24.8 Å². The Kier molecular flexibility index (Phi) is 6.46. The second-order valence-corrected chi connectivity index (χ2v) is 8.86. The van der Waals surface area contributed by atoms with Crippen molar-refractivity contribution in [3.63, 3.8) is 0 Å². The molecule has 7 nitrogen and oxygen atoms in total. The molecule has 0 aliphatic heterocycles. The maximum atomic E-state index is 13.0. The van der Waals surface area contributed by atoms with Crippen molar-refractivity contribution in [1.29, 1.82) is 0 Å². The van der Waals surface area contributed by atoms with Gasteiger partial charge in [0.2, 0.25) is 0 Å². The van der Waals surface area contributed by atoms with Gasteiger partial charge in [-0.25, -0.2) is 4.79 Å². The number of amides is 3. The largest absolute Gasteiger partial charge is 0.455 e. The van der Waals surface area contributed by atoms with Gasteiger partial charge in [-0.05, 0) is 36.4 Å². The van der Waals surface area contributed by atoms with E-state index in [1.54, 1.807) is 13.8 Å². The molecule has 8 heteroatoms. The fourth-order valence-electron chi connectivity index (χ4n) is 3.77. The van der Waals surface area contributed by atoms with Gasteiger partial charge in [0.1, 0.15) is 0 Å². The number of carbonyl (C=O) groups is 4. The molecule has 3 amide bonds. The van der Waals surface area contributed by atoms with Crippen LogP contribution in [-0.2, 0) is 14.3 Å². The fourth-order valence-corrected chi connectivity index (χ4v) is 4.61. The Labute approximate surface area is 194 Å². The van der Waals surface area contributed by atoms with E-state index in [-0.39, 0.29) is 17.6 Å². The number of nitrogens with one attached hydrogen (secondary N) is 2. The van der Waals surface area contributed by atoms with Crippen molar-refractivity contribution in [3.05, 3.63) is 65.7 Å². The van der Waals surface area contributed by atoms with Gasteiger partial charge >= 0.3 is 12.0 Å². The molecule has 1 aliphatic rings. The van der Waals surface area contributed by atoms with Gasteiger partial charge in [0, 0.05) is 27.5 Å². The van der Waals surface area contributed by atoms with Crippen molar-refractivity contribution >= 4 is 46.2 Å². The molecule has 3 aromatic rings. The maximum absolute atomic E-state index is 13.0. The highest BCUT2D eigenvalue weighted by Crippen LogP contribution is 2.42. The lowest BCUT2D eigenvalue weighted by Crippen LogP contribution is -2.44. The molecule has 3 aromatic carbocycles. The summed E-state index contributed by atoms with van der Waals surface area (Å²) in [5, 5.41) is 6.36. The van der Waals surface area contributed by atoms with Crippen LogP contribution < -0.4 is 10.6 Å². The minimum absolute atomic E-state index is 0.0159. The molecule has 0 unspecified atom stereocenters. The van der Waals surface area contributed by atoms with E-state index in [1.165, 1.54) is 11.8 Å². The average Bonchev–Trinajstić information content (AvgIpc) is 2.79. The number of esters is 1. The van der Waals surface area contributed by atoms with Gasteiger partial charge in [0.05, 0.1) is 5.75 Å². The zero-order valence-electron chi connectivity index (χ0n) is 18.1. The molecule has 0 fully saturated rings. The number of benzene rings is 3. The van der Waals surface area contributed by atoms with E-state index in [0.29, 0.717) is 11.1 Å². The molecule has 4 rings (SSSR count). The van der Waals surface area contributed by atoms with Crippen LogP contribution in [0.15, 0.2) is 59.5 Å². The highest BCUT2D eigenvalue weighted by molar-refractivity contribution is 8.00. The highest BCUT2D eigenvalue weighted by Gasteiger charge is 2.25. The van der Waals surface area contributed by atoms with Gasteiger partial charge in [0.25, 0.3) is 5.91 Å². The molecule has 0 heterocycles. The molecule has 0 atom stereocenters. The van der Waals surface area contributed by atoms with Crippen LogP contribution in [0, 0.1) is 0 Å². The normalized spacial score (nSPS) is 11.8. The quantitative estimate of drug-likeness (QED) is 0.333. The molecule has 0 saturated carbocycles. The van der Waals surface area contributed by atoms with E-state index < -0.39 is 24.5 Å². The standard InChI is InChI=1S/C25H22N2O5S/c1-14(2)26-25(31)27-21(28)12-32-22(29)13-33-20-11-10-16-15-6-3-4-7-17(15)24(30)19-9-5-8-18(20)23(16)19/h3-11,14H,12-13H2,1-2H3,(H2,26,27,28,31).